The van der Waals surface area contributed by atoms with Crippen LogP contribution in [0.4, 0.5) is 14.5 Å². The first-order valence-corrected chi connectivity index (χ1v) is 12.0. The van der Waals surface area contributed by atoms with Crippen LogP contribution < -0.4 is 10.1 Å². The Hall–Kier alpha value is -2.43. The number of nitrogens with zero attached hydrogens (tertiary/aromatic N) is 1. The predicted octanol–water partition coefficient (Wildman–Crippen LogP) is 3.16. The highest BCUT2D eigenvalue weighted by molar-refractivity contribution is 5.88. The Bertz CT molecular complexity index is 1050. The van der Waals surface area contributed by atoms with Crippen LogP contribution in [-0.4, -0.2) is 70.3 Å². The molecule has 5 rings (SSSR count). The van der Waals surface area contributed by atoms with Gasteiger partial charge in [0.25, 0.3) is 0 Å². The Morgan fingerprint density at radius 2 is 2.03 bits per heavy atom. The van der Waals surface area contributed by atoms with E-state index in [2.05, 4.69) is 17.1 Å². The van der Waals surface area contributed by atoms with Crippen LogP contribution in [0.25, 0.3) is 0 Å². The van der Waals surface area contributed by atoms with E-state index in [-0.39, 0.29) is 35.9 Å². The molecule has 10 heteroatoms. The molecule has 1 aromatic carbocycles. The van der Waals surface area contributed by atoms with Gasteiger partial charge in [-0.15, -0.1) is 0 Å². The molecule has 3 saturated heterocycles. The Morgan fingerprint density at radius 1 is 1.26 bits per heavy atom. The Morgan fingerprint density at radius 3 is 2.71 bits per heavy atom. The van der Waals surface area contributed by atoms with E-state index in [0.29, 0.717) is 43.7 Å². The lowest BCUT2D eigenvalue weighted by Crippen LogP contribution is -2.75. The average Bonchev–Trinajstić information content (AvgIpc) is 3.19. The molecular weight excluding hydrogens is 462 g/mol. The van der Waals surface area contributed by atoms with Gasteiger partial charge in [0.05, 0.1) is 63.7 Å². The largest absolute Gasteiger partial charge is 0.504 e. The zero-order chi connectivity index (χ0) is 25.0. The zero-order valence-electron chi connectivity index (χ0n) is 20.5. The van der Waals surface area contributed by atoms with E-state index in [1.807, 2.05) is 0 Å². The topological polar surface area (TPSA) is 78.5 Å². The molecule has 0 bridgehead atoms. The number of methoxy groups -OCH3 is 3. The molecule has 4 aliphatic heterocycles. The lowest BCUT2D eigenvalue weighted by molar-refractivity contribution is -0.297. The summed E-state index contributed by atoms with van der Waals surface area (Å²) >= 11 is 0. The number of piperidine rings is 2. The van der Waals surface area contributed by atoms with Crippen molar-refractivity contribution in [1.82, 2.24) is 4.90 Å². The molecule has 35 heavy (non-hydrogen) atoms. The van der Waals surface area contributed by atoms with Crippen molar-refractivity contribution in [3.05, 3.63) is 35.1 Å². The molecule has 0 amide bonds. The Balaban J connectivity index is 1.64. The van der Waals surface area contributed by atoms with Crippen LogP contribution in [0.5, 0.6) is 5.75 Å². The van der Waals surface area contributed by atoms with Gasteiger partial charge in [-0.25, -0.2) is 13.6 Å². The number of hydrogen-bond donors (Lipinski definition) is 1. The van der Waals surface area contributed by atoms with Crippen LogP contribution >= 0.6 is 0 Å². The van der Waals surface area contributed by atoms with Crippen molar-refractivity contribution < 1.29 is 37.3 Å². The molecule has 0 radical (unpaired) electrons. The smallest absolute Gasteiger partial charge is 0.337 e. The van der Waals surface area contributed by atoms with Crippen molar-refractivity contribution in [2.24, 2.45) is 11.8 Å². The second kappa shape index (κ2) is 8.90. The Labute approximate surface area is 203 Å². The number of anilines is 1. The molecule has 1 N–H and O–H groups in total. The summed E-state index contributed by atoms with van der Waals surface area (Å²) in [4.78, 5) is 15.0. The molecule has 192 valence electrons. The third kappa shape index (κ3) is 3.29. The van der Waals surface area contributed by atoms with Gasteiger partial charge in [0, 0.05) is 19.2 Å². The summed E-state index contributed by atoms with van der Waals surface area (Å²) in [5.41, 5.74) is -1.40. The molecule has 0 spiro atoms. The maximum atomic E-state index is 15.2. The summed E-state index contributed by atoms with van der Waals surface area (Å²) in [7, 11) is 4.22. The highest BCUT2D eigenvalue weighted by Crippen LogP contribution is 2.62. The van der Waals surface area contributed by atoms with Crippen molar-refractivity contribution in [3.8, 4) is 5.75 Å². The molecule has 1 aromatic rings. The van der Waals surface area contributed by atoms with Gasteiger partial charge in [0.2, 0.25) is 0 Å². The molecule has 0 aromatic heterocycles. The Kier molecular flexibility index (Phi) is 6.17. The van der Waals surface area contributed by atoms with Gasteiger partial charge in [-0.1, -0.05) is 13.3 Å². The van der Waals surface area contributed by atoms with Crippen molar-refractivity contribution in [2.45, 2.75) is 43.6 Å². The summed E-state index contributed by atoms with van der Waals surface area (Å²) in [5, 5.41) is 3.30. The van der Waals surface area contributed by atoms with E-state index >= 15 is 4.39 Å². The number of benzene rings is 1. The van der Waals surface area contributed by atoms with Crippen LogP contribution in [0.2, 0.25) is 0 Å². The molecule has 0 unspecified atom stereocenters. The first-order chi connectivity index (χ1) is 16.9. The summed E-state index contributed by atoms with van der Waals surface area (Å²) in [5.74, 6) is -1.99. The van der Waals surface area contributed by atoms with Crippen LogP contribution in [0.1, 0.15) is 31.7 Å². The molecule has 4 aliphatic rings. The fraction of sp³-hybridized carbons (Fsp3) is 0.640. The SMILES string of the molecule is CC[C@@H]1CN2CC[C@@]34OCCO[C@@]3(Nc3c(F)cc(F)c(OC)c34)[C@@H]2C[C@@H]1/C(=C\OC)C(=O)OC. The van der Waals surface area contributed by atoms with Gasteiger partial charge in [0.15, 0.2) is 17.3 Å². The van der Waals surface area contributed by atoms with Gasteiger partial charge >= 0.3 is 5.97 Å². The maximum Gasteiger partial charge on any atom is 0.337 e. The summed E-state index contributed by atoms with van der Waals surface area (Å²) < 4.78 is 58.7. The monoisotopic (exact) mass is 494 g/mol. The summed E-state index contributed by atoms with van der Waals surface area (Å²) in [6, 6.07) is 0.529. The van der Waals surface area contributed by atoms with Gasteiger partial charge in [0.1, 0.15) is 11.4 Å². The maximum absolute atomic E-state index is 15.2. The molecule has 5 atom stereocenters. The van der Waals surface area contributed by atoms with Crippen molar-refractivity contribution in [2.75, 3.05) is 52.9 Å². The van der Waals surface area contributed by atoms with E-state index in [0.717, 1.165) is 12.5 Å². The third-order valence-electron chi connectivity index (χ3n) is 8.23. The van der Waals surface area contributed by atoms with E-state index in [4.69, 9.17) is 23.7 Å². The number of halogens is 2. The van der Waals surface area contributed by atoms with E-state index < -0.39 is 28.9 Å². The standard InChI is InChI=1S/C25H32F2N2O6/c1-5-14-12-29-7-6-24-20-21(17(26)11-18(27)22(20)32-3)28-25(24,35-9-8-34-24)19(29)10-15(14)16(13-31-2)23(30)33-4/h11,13-15,19,28H,5-10,12H2,1-4H3/b16-13+/t14-,15+,19+,24+,25+/m1/s1. The predicted molar refractivity (Wildman–Crippen MR) is 122 cm³/mol. The number of fused-ring (bicyclic) bond motifs is 2. The number of nitrogens with one attached hydrogen (secondary N) is 1. The summed E-state index contributed by atoms with van der Waals surface area (Å²) in [6.45, 7) is 4.02. The molecule has 8 nitrogen and oxygen atoms in total. The highest BCUT2D eigenvalue weighted by atomic mass is 19.1. The minimum Gasteiger partial charge on any atom is -0.504 e. The number of hydrogen-bond acceptors (Lipinski definition) is 8. The van der Waals surface area contributed by atoms with Gasteiger partial charge in [-0.3, -0.25) is 4.90 Å². The van der Waals surface area contributed by atoms with E-state index in [1.54, 1.807) is 0 Å². The van der Waals surface area contributed by atoms with Crippen molar-refractivity contribution >= 4 is 11.7 Å². The quantitative estimate of drug-likeness (QED) is 0.380. The first kappa shape index (κ1) is 24.3. The van der Waals surface area contributed by atoms with E-state index in [9.17, 15) is 9.18 Å². The zero-order valence-corrected chi connectivity index (χ0v) is 20.5. The first-order valence-electron chi connectivity index (χ1n) is 12.0. The lowest BCUT2D eigenvalue weighted by atomic mass is 9.67. The molecule has 0 saturated carbocycles. The van der Waals surface area contributed by atoms with Crippen LogP contribution in [-0.2, 0) is 29.3 Å². The van der Waals surface area contributed by atoms with Crippen LogP contribution in [0.3, 0.4) is 0 Å². The van der Waals surface area contributed by atoms with Gasteiger partial charge in [-0.05, 0) is 24.7 Å². The van der Waals surface area contributed by atoms with Gasteiger partial charge in [-0.2, -0.15) is 0 Å². The average molecular weight is 495 g/mol. The fourth-order valence-corrected chi connectivity index (χ4v) is 6.80. The molecule has 0 aliphatic carbocycles. The highest BCUT2D eigenvalue weighted by Gasteiger charge is 2.71. The number of esters is 1. The van der Waals surface area contributed by atoms with Gasteiger partial charge < -0.3 is 29.0 Å². The fourth-order valence-electron chi connectivity index (χ4n) is 6.80. The number of ether oxygens (including phenoxy) is 5. The third-order valence-corrected chi connectivity index (χ3v) is 8.23. The van der Waals surface area contributed by atoms with Crippen molar-refractivity contribution in [3.63, 3.8) is 0 Å². The normalized spacial score (nSPS) is 34.1. The number of carbonyl (C=O) groups excluding carboxylic acids is 1. The molecular formula is C25H32F2N2O6. The number of rotatable bonds is 5. The summed E-state index contributed by atoms with van der Waals surface area (Å²) in [6.07, 6.45) is 3.29. The van der Waals surface area contributed by atoms with Crippen LogP contribution in [0, 0.1) is 23.5 Å². The van der Waals surface area contributed by atoms with E-state index in [1.165, 1.54) is 27.6 Å². The number of carbonyl (C=O) groups is 1. The minimum absolute atomic E-state index is 0.0388. The van der Waals surface area contributed by atoms with Crippen LogP contribution in [0.15, 0.2) is 17.9 Å². The molecule has 3 fully saturated rings. The lowest BCUT2D eigenvalue weighted by Gasteiger charge is -2.61. The van der Waals surface area contributed by atoms with Crippen molar-refractivity contribution in [1.29, 1.82) is 0 Å². The second-order valence-corrected chi connectivity index (χ2v) is 9.58. The minimum atomic E-state index is -1.18. The second-order valence-electron chi connectivity index (χ2n) is 9.58. The molecule has 4 heterocycles.